The average molecular weight is 334 g/mol. The van der Waals surface area contributed by atoms with Crippen molar-refractivity contribution in [1.29, 1.82) is 0 Å². The summed E-state index contributed by atoms with van der Waals surface area (Å²) in [6.45, 7) is 2.18. The van der Waals surface area contributed by atoms with Crippen molar-refractivity contribution in [3.8, 4) is 0 Å². The summed E-state index contributed by atoms with van der Waals surface area (Å²) in [5.41, 5.74) is 3.69. The molecule has 134 valence electrons. The van der Waals surface area contributed by atoms with Crippen LogP contribution in [0.15, 0.2) is 0 Å². The minimum atomic E-state index is -0.859. The Bertz CT molecular complexity index is 585. The zero-order valence-electron chi connectivity index (χ0n) is 14.7. The third-order valence-corrected chi connectivity index (χ3v) is 7.67. The van der Waals surface area contributed by atoms with Gasteiger partial charge in [0.2, 0.25) is 11.8 Å². The number of carbonyl (C=O) groups is 2. The maximum absolute atomic E-state index is 13.3. The van der Waals surface area contributed by atoms with Crippen LogP contribution in [-0.4, -0.2) is 28.1 Å². The first-order valence-electron chi connectivity index (χ1n) is 9.60. The molecule has 5 fully saturated rings. The molecule has 5 aliphatic rings. The highest BCUT2D eigenvalue weighted by Crippen LogP contribution is 2.67. The molecular formula is C19H30N2O3. The van der Waals surface area contributed by atoms with E-state index in [0.29, 0.717) is 25.2 Å². The maximum atomic E-state index is 13.3. The van der Waals surface area contributed by atoms with Crippen molar-refractivity contribution in [2.24, 2.45) is 22.5 Å². The molecule has 0 aliphatic heterocycles. The van der Waals surface area contributed by atoms with E-state index in [9.17, 15) is 14.7 Å². The molecule has 0 radical (unpaired) electrons. The van der Waals surface area contributed by atoms with Gasteiger partial charge in [-0.05, 0) is 62.7 Å². The van der Waals surface area contributed by atoms with Crippen molar-refractivity contribution in [2.45, 2.75) is 88.7 Å². The van der Waals surface area contributed by atoms with E-state index >= 15 is 0 Å². The molecule has 4 bridgehead atoms. The first-order chi connectivity index (χ1) is 11.2. The SMILES string of the molecule is CC[C@@]12C[C@H]3C[C@@](O)(C1)C[C@@](C(=O)NC1(C(N)=O)CCCC1)(C3)C2. The molecule has 4 N–H and O–H groups in total. The molecule has 0 heterocycles. The lowest BCUT2D eigenvalue weighted by Crippen LogP contribution is -2.66. The summed E-state index contributed by atoms with van der Waals surface area (Å²) in [5.74, 6) is 0.00982. The minimum Gasteiger partial charge on any atom is -0.390 e. The second-order valence-electron chi connectivity index (χ2n) is 9.47. The van der Waals surface area contributed by atoms with E-state index in [4.69, 9.17) is 5.73 Å². The maximum Gasteiger partial charge on any atom is 0.243 e. The van der Waals surface area contributed by atoms with Crippen molar-refractivity contribution in [3.63, 3.8) is 0 Å². The second-order valence-corrected chi connectivity index (χ2v) is 9.47. The lowest BCUT2D eigenvalue weighted by molar-refractivity contribution is -0.205. The van der Waals surface area contributed by atoms with Crippen molar-refractivity contribution >= 4 is 11.8 Å². The Balaban J connectivity index is 1.63. The van der Waals surface area contributed by atoms with Crippen molar-refractivity contribution in [2.75, 3.05) is 0 Å². The first-order valence-corrected chi connectivity index (χ1v) is 9.60. The minimum absolute atomic E-state index is 0.0245. The van der Waals surface area contributed by atoms with Crippen LogP contribution in [0.25, 0.3) is 0 Å². The Morgan fingerprint density at radius 1 is 1.12 bits per heavy atom. The Morgan fingerprint density at radius 2 is 1.83 bits per heavy atom. The molecule has 0 spiro atoms. The number of rotatable bonds is 4. The van der Waals surface area contributed by atoms with Gasteiger partial charge in [0.25, 0.3) is 0 Å². The van der Waals surface area contributed by atoms with Crippen LogP contribution in [0.4, 0.5) is 0 Å². The molecular weight excluding hydrogens is 304 g/mol. The van der Waals surface area contributed by atoms with Crippen LogP contribution in [0.5, 0.6) is 0 Å². The Morgan fingerprint density at radius 3 is 2.42 bits per heavy atom. The lowest BCUT2D eigenvalue weighted by atomic mass is 9.42. The molecule has 5 heteroatoms. The molecule has 2 amide bonds. The lowest BCUT2D eigenvalue weighted by Gasteiger charge is -2.64. The van der Waals surface area contributed by atoms with Gasteiger partial charge in [0.1, 0.15) is 5.54 Å². The molecule has 5 rings (SSSR count). The van der Waals surface area contributed by atoms with Crippen LogP contribution >= 0.6 is 0 Å². The van der Waals surface area contributed by atoms with E-state index < -0.39 is 22.5 Å². The van der Waals surface area contributed by atoms with Crippen LogP contribution in [0.3, 0.4) is 0 Å². The van der Waals surface area contributed by atoms with Crippen LogP contribution < -0.4 is 11.1 Å². The van der Waals surface area contributed by atoms with E-state index in [0.717, 1.165) is 51.4 Å². The zero-order valence-corrected chi connectivity index (χ0v) is 14.7. The van der Waals surface area contributed by atoms with Gasteiger partial charge in [-0.1, -0.05) is 26.2 Å². The van der Waals surface area contributed by atoms with Gasteiger partial charge in [0, 0.05) is 0 Å². The molecule has 5 nitrogen and oxygen atoms in total. The largest absolute Gasteiger partial charge is 0.390 e. The van der Waals surface area contributed by atoms with E-state index in [2.05, 4.69) is 12.2 Å². The number of nitrogens with two attached hydrogens (primary N) is 1. The van der Waals surface area contributed by atoms with Gasteiger partial charge in [-0.3, -0.25) is 9.59 Å². The molecule has 0 aromatic carbocycles. The van der Waals surface area contributed by atoms with Gasteiger partial charge < -0.3 is 16.2 Å². The molecule has 5 saturated carbocycles. The number of primary amides is 1. The summed E-state index contributed by atoms with van der Waals surface area (Å²) in [4.78, 5) is 25.4. The number of carbonyl (C=O) groups excluding carboxylic acids is 2. The van der Waals surface area contributed by atoms with Gasteiger partial charge in [-0.15, -0.1) is 0 Å². The van der Waals surface area contributed by atoms with Crippen molar-refractivity contribution in [1.82, 2.24) is 5.32 Å². The zero-order chi connectivity index (χ0) is 17.2. The summed E-state index contributed by atoms with van der Waals surface area (Å²) in [6, 6.07) is 0. The molecule has 24 heavy (non-hydrogen) atoms. The van der Waals surface area contributed by atoms with Crippen LogP contribution in [0.2, 0.25) is 0 Å². The quantitative estimate of drug-likeness (QED) is 0.734. The van der Waals surface area contributed by atoms with Gasteiger partial charge in [0.15, 0.2) is 0 Å². The van der Waals surface area contributed by atoms with Gasteiger partial charge in [-0.25, -0.2) is 0 Å². The van der Waals surface area contributed by atoms with Crippen LogP contribution in [0.1, 0.15) is 77.6 Å². The highest BCUT2D eigenvalue weighted by atomic mass is 16.3. The van der Waals surface area contributed by atoms with Crippen LogP contribution in [-0.2, 0) is 9.59 Å². The summed E-state index contributed by atoms with van der Waals surface area (Å²) in [5, 5.41) is 14.2. The molecule has 0 aromatic rings. The first kappa shape index (κ1) is 16.4. The molecule has 4 atom stereocenters. The van der Waals surface area contributed by atoms with Gasteiger partial charge in [0.05, 0.1) is 11.0 Å². The number of hydrogen-bond donors (Lipinski definition) is 3. The fourth-order valence-corrected chi connectivity index (χ4v) is 6.99. The summed E-state index contributed by atoms with van der Waals surface area (Å²) in [6.07, 6.45) is 9.26. The number of amides is 2. The average Bonchev–Trinajstić information content (AvgIpc) is 2.94. The normalized spacial score (nSPS) is 45.3. The fraction of sp³-hybridized carbons (Fsp3) is 0.895. The number of nitrogens with one attached hydrogen (secondary N) is 1. The molecule has 0 aromatic heterocycles. The Hall–Kier alpha value is -1.10. The fourth-order valence-electron chi connectivity index (χ4n) is 6.99. The van der Waals surface area contributed by atoms with E-state index in [1.165, 1.54) is 0 Å². The third kappa shape index (κ3) is 2.23. The smallest absolute Gasteiger partial charge is 0.243 e. The highest BCUT2D eigenvalue weighted by molar-refractivity contribution is 5.93. The van der Waals surface area contributed by atoms with E-state index in [1.807, 2.05) is 0 Å². The van der Waals surface area contributed by atoms with E-state index in [1.54, 1.807) is 0 Å². The Kier molecular flexibility index (Phi) is 3.39. The second kappa shape index (κ2) is 4.96. The summed E-state index contributed by atoms with van der Waals surface area (Å²) in [7, 11) is 0. The Labute approximate surface area is 143 Å². The summed E-state index contributed by atoms with van der Waals surface area (Å²) < 4.78 is 0. The predicted molar refractivity (Wildman–Crippen MR) is 89.8 cm³/mol. The van der Waals surface area contributed by atoms with Crippen molar-refractivity contribution in [3.05, 3.63) is 0 Å². The third-order valence-electron chi connectivity index (χ3n) is 7.67. The molecule has 0 saturated heterocycles. The standard InChI is InChI=1S/C19H30N2O3/c1-2-16-7-13-8-17(10-16,12-18(24,9-13)11-16)15(23)21-19(14(20)22)5-3-4-6-19/h13,24H,2-12H2,1H3,(H2,20,22)(H,21,23)/t13-,16+,17-,18-/m1/s1. The van der Waals surface area contributed by atoms with Gasteiger partial charge >= 0.3 is 0 Å². The van der Waals surface area contributed by atoms with Crippen molar-refractivity contribution < 1.29 is 14.7 Å². The van der Waals surface area contributed by atoms with E-state index in [-0.39, 0.29) is 11.3 Å². The predicted octanol–water partition coefficient (Wildman–Crippen LogP) is 2.01. The topological polar surface area (TPSA) is 92.4 Å². The monoisotopic (exact) mass is 334 g/mol. The molecule has 0 unspecified atom stereocenters. The summed E-state index contributed by atoms with van der Waals surface area (Å²) >= 11 is 0. The molecule has 5 aliphatic carbocycles. The van der Waals surface area contributed by atoms with Crippen LogP contribution in [0, 0.1) is 16.7 Å². The number of aliphatic hydroxyl groups is 1. The highest BCUT2D eigenvalue weighted by Gasteiger charge is 2.65. The van der Waals surface area contributed by atoms with Gasteiger partial charge in [-0.2, -0.15) is 0 Å². The number of hydrogen-bond acceptors (Lipinski definition) is 3.